The third-order valence-corrected chi connectivity index (χ3v) is 2.23. The van der Waals surface area contributed by atoms with Crippen LogP contribution in [0.25, 0.3) is 0 Å². The van der Waals surface area contributed by atoms with Crippen LogP contribution in [0.2, 0.25) is 0 Å². The molecule has 0 aliphatic carbocycles. The fraction of sp³-hybridized carbons (Fsp3) is 0.571. The second-order valence-corrected chi connectivity index (χ2v) is 3.22. The molecule has 1 aliphatic heterocycles. The largest absolute Gasteiger partial charge is 0.342 e. The lowest BCUT2D eigenvalue weighted by atomic mass is 10.3. The molecule has 86 valence electrons. The number of nitrogens with zero attached hydrogens (tertiary/aromatic N) is 4. The van der Waals surface area contributed by atoms with Gasteiger partial charge in [-0.3, -0.25) is 20.2 Å². The van der Waals surface area contributed by atoms with E-state index in [2.05, 4.69) is 15.6 Å². The lowest BCUT2D eigenvalue weighted by Crippen LogP contribution is -2.33. The van der Waals surface area contributed by atoms with Crippen molar-refractivity contribution in [1.29, 1.82) is 0 Å². The van der Waals surface area contributed by atoms with Crippen LogP contribution in [-0.4, -0.2) is 45.1 Å². The number of aldehydes is 1. The van der Waals surface area contributed by atoms with Gasteiger partial charge in [-0.15, -0.1) is 5.10 Å². The van der Waals surface area contributed by atoms with E-state index >= 15 is 0 Å². The van der Waals surface area contributed by atoms with Crippen LogP contribution in [0.4, 0.5) is 0 Å². The minimum atomic E-state index is -1.18. The molecule has 1 aromatic rings. The van der Waals surface area contributed by atoms with Crippen molar-refractivity contribution in [2.24, 2.45) is 0 Å². The summed E-state index contributed by atoms with van der Waals surface area (Å²) in [4.78, 5) is 20.8. The minimum Gasteiger partial charge on any atom is -0.342 e. The Balaban J connectivity index is 2.15. The summed E-state index contributed by atoms with van der Waals surface area (Å²) in [6.07, 6.45) is 0.558. The third-order valence-electron chi connectivity index (χ3n) is 2.23. The molecule has 0 radical (unpaired) electrons. The number of hydrogen-bond acceptors (Lipinski definition) is 7. The number of hydrogen-bond donors (Lipinski definition) is 1. The monoisotopic (exact) mass is 227 g/mol. The average Bonchev–Trinajstić information content (AvgIpc) is 2.88. The molecule has 9 nitrogen and oxygen atoms in total. The molecule has 0 aromatic carbocycles. The van der Waals surface area contributed by atoms with Gasteiger partial charge in [0.25, 0.3) is 0 Å². The van der Waals surface area contributed by atoms with E-state index in [1.165, 1.54) is 12.4 Å². The second-order valence-electron chi connectivity index (χ2n) is 3.22. The molecule has 3 unspecified atom stereocenters. The van der Waals surface area contributed by atoms with Crippen LogP contribution in [0.3, 0.4) is 0 Å². The molecule has 0 bridgehead atoms. The van der Waals surface area contributed by atoms with Gasteiger partial charge in [-0.05, 0) is 0 Å². The fourth-order valence-electron chi connectivity index (χ4n) is 1.53. The number of nitro groups is 1. The van der Waals surface area contributed by atoms with Gasteiger partial charge in [0.05, 0.1) is 17.3 Å². The van der Waals surface area contributed by atoms with Crippen LogP contribution in [0, 0.1) is 10.1 Å². The van der Waals surface area contributed by atoms with Gasteiger partial charge in [-0.25, -0.2) is 0 Å². The summed E-state index contributed by atoms with van der Waals surface area (Å²) in [6, 6.07) is 0. The van der Waals surface area contributed by atoms with Crippen LogP contribution in [0.15, 0.2) is 12.4 Å². The summed E-state index contributed by atoms with van der Waals surface area (Å²) in [7, 11) is 0. The number of carbonyl (C=O) groups excluding carboxylic acids is 1. The van der Waals surface area contributed by atoms with E-state index in [9.17, 15) is 14.9 Å². The first kappa shape index (κ1) is 10.6. The number of aromatic nitrogens is 3. The van der Waals surface area contributed by atoms with Gasteiger partial charge >= 0.3 is 6.17 Å². The Hall–Kier alpha value is -1.87. The molecule has 2 rings (SSSR count). The summed E-state index contributed by atoms with van der Waals surface area (Å²) >= 11 is 0. The summed E-state index contributed by atoms with van der Waals surface area (Å²) < 4.78 is 6.25. The lowest BCUT2D eigenvalue weighted by molar-refractivity contribution is -0.562. The number of carbonyl (C=O) groups is 1. The maximum absolute atomic E-state index is 10.9. The van der Waals surface area contributed by atoms with Crippen LogP contribution in [0.1, 0.15) is 6.17 Å². The van der Waals surface area contributed by atoms with Crippen molar-refractivity contribution in [2.45, 2.75) is 18.5 Å². The van der Waals surface area contributed by atoms with Crippen molar-refractivity contribution in [3.05, 3.63) is 22.5 Å². The molecule has 0 amide bonds. The van der Waals surface area contributed by atoms with E-state index in [1.807, 2.05) is 0 Å². The maximum atomic E-state index is 10.9. The molecule has 2 heterocycles. The van der Waals surface area contributed by atoms with Crippen LogP contribution >= 0.6 is 0 Å². The Labute approximate surface area is 89.5 Å². The zero-order chi connectivity index (χ0) is 11.5. The lowest BCUT2D eigenvalue weighted by Gasteiger charge is -2.14. The van der Waals surface area contributed by atoms with Crippen molar-refractivity contribution in [2.75, 3.05) is 6.54 Å². The Kier molecular flexibility index (Phi) is 2.88. The Morgan fingerprint density at radius 1 is 1.75 bits per heavy atom. The van der Waals surface area contributed by atoms with Crippen molar-refractivity contribution in [3.63, 3.8) is 0 Å². The molecule has 0 spiro atoms. The highest BCUT2D eigenvalue weighted by atomic mass is 16.6. The highest BCUT2D eigenvalue weighted by molar-refractivity contribution is 5.55. The normalized spacial score (nSPS) is 26.5. The molecule has 16 heavy (non-hydrogen) atoms. The predicted molar refractivity (Wildman–Crippen MR) is 48.8 cm³/mol. The molecular weight excluding hydrogens is 218 g/mol. The molecule has 1 aromatic heterocycles. The predicted octanol–water partition coefficient (Wildman–Crippen LogP) is -1.43. The smallest absolute Gasteiger partial charge is 0.333 e. The molecule has 0 saturated carbocycles. The maximum Gasteiger partial charge on any atom is 0.333 e. The molecule has 9 heteroatoms. The van der Waals surface area contributed by atoms with Gasteiger partial charge in [0.15, 0.2) is 18.6 Å². The van der Waals surface area contributed by atoms with Crippen molar-refractivity contribution < 1.29 is 14.5 Å². The molecule has 1 aliphatic rings. The summed E-state index contributed by atoms with van der Waals surface area (Å²) in [5.41, 5.74) is 0. The average molecular weight is 227 g/mol. The number of ether oxygens (including phenoxy) is 1. The molecule has 1 fully saturated rings. The fourth-order valence-corrected chi connectivity index (χ4v) is 1.53. The summed E-state index contributed by atoms with van der Waals surface area (Å²) in [5, 5.41) is 20.7. The quantitative estimate of drug-likeness (QED) is 0.381. The van der Waals surface area contributed by atoms with Gasteiger partial charge < -0.3 is 4.74 Å². The van der Waals surface area contributed by atoms with Crippen molar-refractivity contribution in [1.82, 2.24) is 20.3 Å². The van der Waals surface area contributed by atoms with E-state index in [4.69, 9.17) is 4.74 Å². The highest BCUT2D eigenvalue weighted by Gasteiger charge is 2.40. The molecule has 3 atom stereocenters. The first-order chi connectivity index (χ1) is 7.72. The standard InChI is InChI=1S/C7H9N5O4/c13-4-6-8-3-5(16-6)7(12(14)15)11-2-1-9-10-11/h1-2,4-8H,3H2. The van der Waals surface area contributed by atoms with E-state index in [1.54, 1.807) is 0 Å². The molecular formula is C7H9N5O4. The summed E-state index contributed by atoms with van der Waals surface area (Å²) in [5.74, 6) is 0. The van der Waals surface area contributed by atoms with E-state index < -0.39 is 23.4 Å². The van der Waals surface area contributed by atoms with E-state index in [0.717, 1.165) is 4.68 Å². The number of rotatable bonds is 4. The zero-order valence-electron chi connectivity index (χ0n) is 8.09. The first-order valence-corrected chi connectivity index (χ1v) is 4.56. The Bertz CT molecular complexity index is 380. The first-order valence-electron chi connectivity index (χ1n) is 4.56. The van der Waals surface area contributed by atoms with Crippen LogP contribution < -0.4 is 5.32 Å². The van der Waals surface area contributed by atoms with Gasteiger partial charge in [-0.1, -0.05) is 5.21 Å². The third kappa shape index (κ3) is 1.90. The van der Waals surface area contributed by atoms with Crippen LogP contribution in [-0.2, 0) is 9.53 Å². The van der Waals surface area contributed by atoms with E-state index in [-0.39, 0.29) is 6.54 Å². The van der Waals surface area contributed by atoms with Gasteiger partial charge in [0, 0.05) is 6.54 Å². The minimum absolute atomic E-state index is 0.217. The van der Waals surface area contributed by atoms with Gasteiger partial charge in [0.1, 0.15) is 0 Å². The SMILES string of the molecule is O=CC1NCC(C(n2ccnn2)[N+](=O)[O-])O1. The van der Waals surface area contributed by atoms with Gasteiger partial charge in [0.2, 0.25) is 0 Å². The highest BCUT2D eigenvalue weighted by Crippen LogP contribution is 2.18. The van der Waals surface area contributed by atoms with E-state index in [0.29, 0.717) is 6.29 Å². The van der Waals surface area contributed by atoms with Crippen LogP contribution in [0.5, 0.6) is 0 Å². The second kappa shape index (κ2) is 4.33. The summed E-state index contributed by atoms with van der Waals surface area (Å²) in [6.45, 7) is 0.217. The Morgan fingerprint density at radius 3 is 3.06 bits per heavy atom. The van der Waals surface area contributed by atoms with Gasteiger partial charge in [-0.2, -0.15) is 4.68 Å². The zero-order valence-corrected chi connectivity index (χ0v) is 8.09. The topological polar surface area (TPSA) is 112 Å². The van der Waals surface area contributed by atoms with Crippen molar-refractivity contribution >= 4 is 6.29 Å². The molecule has 1 saturated heterocycles. The number of nitrogens with one attached hydrogen (secondary N) is 1. The molecule has 1 N–H and O–H groups in total. The Morgan fingerprint density at radius 2 is 2.56 bits per heavy atom. The van der Waals surface area contributed by atoms with Crippen molar-refractivity contribution in [3.8, 4) is 0 Å².